The number of benzene rings is 1. The maximum Gasteiger partial charge on any atom is 0.249 e. The van der Waals surface area contributed by atoms with E-state index in [1.807, 2.05) is 12.1 Å². The topological polar surface area (TPSA) is 38.3 Å². The number of nitrogens with one attached hydrogen (secondary N) is 1. The molecule has 19 heavy (non-hydrogen) atoms. The Morgan fingerprint density at radius 1 is 1.37 bits per heavy atom. The highest BCUT2D eigenvalue weighted by Gasteiger charge is 2.21. The fourth-order valence-corrected chi connectivity index (χ4v) is 3.36. The van der Waals surface area contributed by atoms with Gasteiger partial charge in [-0.15, -0.1) is 11.3 Å². The van der Waals surface area contributed by atoms with Gasteiger partial charge in [0.1, 0.15) is 6.10 Å². The molecule has 1 aromatic carbocycles. The summed E-state index contributed by atoms with van der Waals surface area (Å²) in [6, 6.07) is 10.4. The molecule has 3 rings (SSSR count). The van der Waals surface area contributed by atoms with Gasteiger partial charge in [0.2, 0.25) is 5.91 Å². The highest BCUT2D eigenvalue weighted by Crippen LogP contribution is 2.25. The predicted molar refractivity (Wildman–Crippen MR) is 77.3 cm³/mol. The van der Waals surface area contributed by atoms with E-state index in [4.69, 9.17) is 4.74 Å². The molecule has 3 nitrogen and oxygen atoms in total. The molecule has 0 bridgehead atoms. The zero-order valence-corrected chi connectivity index (χ0v) is 11.5. The molecule has 0 saturated carbocycles. The van der Waals surface area contributed by atoms with Crippen LogP contribution in [-0.2, 0) is 16.1 Å². The molecule has 1 atom stereocenters. The van der Waals surface area contributed by atoms with E-state index in [0.29, 0.717) is 13.2 Å². The van der Waals surface area contributed by atoms with Crippen LogP contribution in [0.1, 0.15) is 24.1 Å². The normalized spacial score (nSPS) is 19.5. The molecule has 1 aromatic heterocycles. The van der Waals surface area contributed by atoms with Crippen molar-refractivity contribution in [3.05, 3.63) is 35.2 Å². The first-order valence-corrected chi connectivity index (χ1v) is 7.51. The van der Waals surface area contributed by atoms with Gasteiger partial charge in [0.25, 0.3) is 0 Å². The fraction of sp³-hybridized carbons (Fsp3) is 0.400. The van der Waals surface area contributed by atoms with E-state index in [1.54, 1.807) is 11.3 Å². The highest BCUT2D eigenvalue weighted by atomic mass is 32.1. The lowest BCUT2D eigenvalue weighted by Crippen LogP contribution is -2.37. The lowest BCUT2D eigenvalue weighted by molar-refractivity contribution is -0.135. The number of thiophene rings is 1. The van der Waals surface area contributed by atoms with Crippen molar-refractivity contribution in [3.8, 4) is 0 Å². The third-order valence-corrected chi connectivity index (χ3v) is 4.50. The van der Waals surface area contributed by atoms with Gasteiger partial charge in [-0.3, -0.25) is 4.79 Å². The molecule has 1 aliphatic rings. The average molecular weight is 275 g/mol. The van der Waals surface area contributed by atoms with Gasteiger partial charge in [-0.25, -0.2) is 0 Å². The fourth-order valence-electron chi connectivity index (χ4n) is 2.36. The molecule has 1 saturated heterocycles. The summed E-state index contributed by atoms with van der Waals surface area (Å²) in [5.41, 5.74) is 0. The lowest BCUT2D eigenvalue weighted by atomic mass is 10.1. The van der Waals surface area contributed by atoms with Crippen molar-refractivity contribution in [3.63, 3.8) is 0 Å². The summed E-state index contributed by atoms with van der Waals surface area (Å²) in [4.78, 5) is 13.1. The summed E-state index contributed by atoms with van der Waals surface area (Å²) in [6.45, 7) is 1.30. The maximum atomic E-state index is 12.0. The van der Waals surface area contributed by atoms with Gasteiger partial charge in [-0.2, -0.15) is 0 Å². The molecule has 0 spiro atoms. The Morgan fingerprint density at radius 3 is 3.05 bits per heavy atom. The third kappa shape index (κ3) is 2.96. The molecule has 1 fully saturated rings. The van der Waals surface area contributed by atoms with Crippen molar-refractivity contribution >= 4 is 27.3 Å². The standard InChI is InChI=1S/C15H17NO2S/c17-15(13-6-3-4-8-18-13)16-10-12-9-11-5-1-2-7-14(11)19-12/h1-2,5,7,9,13H,3-4,6,8,10H2,(H,16,17)/t13-/m0/s1. The molecule has 0 unspecified atom stereocenters. The van der Waals surface area contributed by atoms with Crippen LogP contribution in [0, 0.1) is 0 Å². The van der Waals surface area contributed by atoms with E-state index < -0.39 is 0 Å². The zero-order chi connectivity index (χ0) is 13.1. The Labute approximate surface area is 116 Å². The molecular formula is C15H17NO2S. The van der Waals surface area contributed by atoms with Gasteiger partial charge >= 0.3 is 0 Å². The van der Waals surface area contributed by atoms with E-state index >= 15 is 0 Å². The quantitative estimate of drug-likeness (QED) is 0.935. The van der Waals surface area contributed by atoms with Crippen LogP contribution in [-0.4, -0.2) is 18.6 Å². The van der Waals surface area contributed by atoms with Crippen LogP contribution in [0.15, 0.2) is 30.3 Å². The van der Waals surface area contributed by atoms with Crippen molar-refractivity contribution < 1.29 is 9.53 Å². The van der Waals surface area contributed by atoms with Crippen LogP contribution in [0.4, 0.5) is 0 Å². The average Bonchev–Trinajstić information content (AvgIpc) is 2.88. The second-order valence-corrected chi connectivity index (χ2v) is 5.99. The molecule has 1 aliphatic heterocycles. The van der Waals surface area contributed by atoms with Gasteiger partial charge in [0.05, 0.1) is 6.54 Å². The Balaban J connectivity index is 1.60. The molecule has 0 aliphatic carbocycles. The van der Waals surface area contributed by atoms with Crippen molar-refractivity contribution in [1.82, 2.24) is 5.32 Å². The summed E-state index contributed by atoms with van der Waals surface area (Å²) in [7, 11) is 0. The van der Waals surface area contributed by atoms with Crippen LogP contribution in [0.2, 0.25) is 0 Å². The number of fused-ring (bicyclic) bond motifs is 1. The van der Waals surface area contributed by atoms with Crippen LogP contribution < -0.4 is 5.32 Å². The number of rotatable bonds is 3. The molecule has 2 aromatic rings. The van der Waals surface area contributed by atoms with Crippen LogP contribution in [0.25, 0.3) is 10.1 Å². The number of amides is 1. The van der Waals surface area contributed by atoms with E-state index in [-0.39, 0.29) is 12.0 Å². The van der Waals surface area contributed by atoms with Crippen LogP contribution in [0.5, 0.6) is 0 Å². The van der Waals surface area contributed by atoms with E-state index in [2.05, 4.69) is 23.5 Å². The van der Waals surface area contributed by atoms with E-state index in [9.17, 15) is 4.79 Å². The monoisotopic (exact) mass is 275 g/mol. The minimum Gasteiger partial charge on any atom is -0.368 e. The molecule has 0 radical (unpaired) electrons. The molecule has 100 valence electrons. The van der Waals surface area contributed by atoms with Crippen LogP contribution >= 0.6 is 11.3 Å². The van der Waals surface area contributed by atoms with Gasteiger partial charge in [-0.1, -0.05) is 18.2 Å². The number of hydrogen-bond acceptors (Lipinski definition) is 3. The molecule has 4 heteroatoms. The minimum atomic E-state index is -0.247. The number of ether oxygens (including phenoxy) is 1. The maximum absolute atomic E-state index is 12.0. The lowest BCUT2D eigenvalue weighted by Gasteiger charge is -2.21. The molecular weight excluding hydrogens is 258 g/mol. The Bertz CT molecular complexity index is 539. The van der Waals surface area contributed by atoms with Crippen molar-refractivity contribution in [2.75, 3.05) is 6.61 Å². The first-order chi connectivity index (χ1) is 9.33. The van der Waals surface area contributed by atoms with Crippen molar-refractivity contribution in [1.29, 1.82) is 0 Å². The summed E-state index contributed by atoms with van der Waals surface area (Å²) < 4.78 is 6.74. The third-order valence-electron chi connectivity index (χ3n) is 3.39. The first kappa shape index (κ1) is 12.6. The Morgan fingerprint density at radius 2 is 2.26 bits per heavy atom. The second kappa shape index (κ2) is 5.72. The van der Waals surface area contributed by atoms with Gasteiger partial charge in [0.15, 0.2) is 0 Å². The smallest absolute Gasteiger partial charge is 0.249 e. The first-order valence-electron chi connectivity index (χ1n) is 6.70. The van der Waals surface area contributed by atoms with E-state index in [0.717, 1.165) is 19.3 Å². The van der Waals surface area contributed by atoms with Gasteiger partial charge < -0.3 is 10.1 Å². The van der Waals surface area contributed by atoms with Crippen LogP contribution in [0.3, 0.4) is 0 Å². The number of carbonyl (C=O) groups is 1. The molecule has 1 amide bonds. The van der Waals surface area contributed by atoms with Crippen molar-refractivity contribution in [2.24, 2.45) is 0 Å². The summed E-state index contributed by atoms with van der Waals surface area (Å²) in [5.74, 6) is 0.0251. The van der Waals surface area contributed by atoms with Gasteiger partial charge in [-0.05, 0) is 36.8 Å². The number of hydrogen-bond donors (Lipinski definition) is 1. The van der Waals surface area contributed by atoms with E-state index in [1.165, 1.54) is 15.0 Å². The predicted octanol–water partition coefficient (Wildman–Crippen LogP) is 3.09. The molecule has 2 heterocycles. The Kier molecular flexibility index (Phi) is 3.80. The largest absolute Gasteiger partial charge is 0.368 e. The van der Waals surface area contributed by atoms with Gasteiger partial charge in [0, 0.05) is 16.2 Å². The van der Waals surface area contributed by atoms with Crippen molar-refractivity contribution in [2.45, 2.75) is 31.9 Å². The minimum absolute atomic E-state index is 0.0251. The highest BCUT2D eigenvalue weighted by molar-refractivity contribution is 7.19. The summed E-state index contributed by atoms with van der Waals surface area (Å²) in [6.07, 6.45) is 2.75. The second-order valence-electron chi connectivity index (χ2n) is 4.82. The number of carbonyl (C=O) groups excluding carboxylic acids is 1. The summed E-state index contributed by atoms with van der Waals surface area (Å²) >= 11 is 1.73. The SMILES string of the molecule is O=C(NCc1cc2ccccc2s1)[C@@H]1CCCCO1. The Hall–Kier alpha value is -1.39. The molecule has 1 N–H and O–H groups in total. The summed E-state index contributed by atoms with van der Waals surface area (Å²) in [5, 5.41) is 4.22. The zero-order valence-electron chi connectivity index (χ0n) is 10.7.